The van der Waals surface area contributed by atoms with E-state index >= 15 is 0 Å². The summed E-state index contributed by atoms with van der Waals surface area (Å²) in [6.45, 7) is 6.44. The first kappa shape index (κ1) is 19.7. The molecule has 0 saturated carbocycles. The summed E-state index contributed by atoms with van der Waals surface area (Å²) in [6, 6.07) is 13.3. The number of rotatable bonds is 9. The van der Waals surface area contributed by atoms with Crippen molar-refractivity contribution in [1.82, 2.24) is 20.4 Å². The highest BCUT2D eigenvalue weighted by atomic mass is 16.5. The van der Waals surface area contributed by atoms with Crippen molar-refractivity contribution < 1.29 is 13.9 Å². The van der Waals surface area contributed by atoms with Gasteiger partial charge in [-0.15, -0.1) is 0 Å². The van der Waals surface area contributed by atoms with Crippen LogP contribution in [0.1, 0.15) is 35.9 Å². The van der Waals surface area contributed by atoms with E-state index in [0.29, 0.717) is 23.7 Å². The molecule has 1 aromatic carbocycles. The van der Waals surface area contributed by atoms with Crippen molar-refractivity contribution in [1.29, 1.82) is 0 Å². The topological polar surface area (TPSA) is 83.4 Å². The number of aromatic amines is 1. The Morgan fingerprint density at radius 2 is 2.07 bits per heavy atom. The maximum absolute atomic E-state index is 12.6. The van der Waals surface area contributed by atoms with E-state index in [2.05, 4.69) is 40.3 Å². The van der Waals surface area contributed by atoms with Gasteiger partial charge in [-0.3, -0.25) is 14.8 Å². The molecule has 28 heavy (non-hydrogen) atoms. The van der Waals surface area contributed by atoms with Crippen LogP contribution in [0.5, 0.6) is 5.75 Å². The van der Waals surface area contributed by atoms with Crippen LogP contribution in [-0.2, 0) is 0 Å². The zero-order chi connectivity index (χ0) is 19.9. The average molecular weight is 382 g/mol. The smallest absolute Gasteiger partial charge is 0.271 e. The van der Waals surface area contributed by atoms with Crippen LogP contribution in [0.25, 0.3) is 11.5 Å². The molecule has 0 spiro atoms. The minimum Gasteiger partial charge on any atom is -0.497 e. The molecule has 2 N–H and O–H groups in total. The van der Waals surface area contributed by atoms with Crippen molar-refractivity contribution in [2.75, 3.05) is 26.7 Å². The predicted octanol–water partition coefficient (Wildman–Crippen LogP) is 3.49. The van der Waals surface area contributed by atoms with Crippen LogP contribution in [-0.4, -0.2) is 47.7 Å². The molecule has 0 aliphatic heterocycles. The number of methoxy groups -OCH3 is 1. The van der Waals surface area contributed by atoms with Gasteiger partial charge < -0.3 is 14.5 Å². The zero-order valence-electron chi connectivity index (χ0n) is 16.4. The molecule has 3 aromatic rings. The summed E-state index contributed by atoms with van der Waals surface area (Å²) in [4.78, 5) is 14.9. The van der Waals surface area contributed by atoms with Crippen molar-refractivity contribution in [3.05, 3.63) is 60.0 Å². The molecule has 1 atom stereocenters. The number of nitrogens with zero attached hydrogens (tertiary/aromatic N) is 2. The minimum absolute atomic E-state index is 0.0394. The number of carbonyl (C=O) groups excluding carboxylic acids is 1. The fourth-order valence-corrected chi connectivity index (χ4v) is 3.25. The summed E-state index contributed by atoms with van der Waals surface area (Å²) in [6.07, 6.45) is 1.58. The summed E-state index contributed by atoms with van der Waals surface area (Å²) in [5, 5.41) is 9.95. The minimum atomic E-state index is -0.228. The number of H-pyrrole nitrogens is 1. The standard InChI is InChI=1S/C21H26N4O3/c1-4-25(5-2)19(15-8-6-9-16(12-15)27-3)14-22-21(26)18-13-17(23-24-18)20-10-7-11-28-20/h6-13,19H,4-5,14H2,1-3H3,(H,22,26)(H,23,24). The molecule has 2 heterocycles. The Labute approximate surface area is 164 Å². The quantitative estimate of drug-likeness (QED) is 0.592. The molecule has 0 aliphatic carbocycles. The number of amides is 1. The molecule has 7 nitrogen and oxygen atoms in total. The number of likely N-dealkylation sites (N-methyl/N-ethyl adjacent to an activating group) is 1. The van der Waals surface area contributed by atoms with Crippen LogP contribution >= 0.6 is 0 Å². The van der Waals surface area contributed by atoms with E-state index in [1.165, 1.54) is 0 Å². The van der Waals surface area contributed by atoms with Gasteiger partial charge in [0.2, 0.25) is 0 Å². The van der Waals surface area contributed by atoms with Gasteiger partial charge in [-0.25, -0.2) is 0 Å². The summed E-state index contributed by atoms with van der Waals surface area (Å²) in [5.41, 5.74) is 2.10. The molecule has 148 valence electrons. The zero-order valence-corrected chi connectivity index (χ0v) is 16.4. The fourth-order valence-electron chi connectivity index (χ4n) is 3.25. The van der Waals surface area contributed by atoms with Gasteiger partial charge in [0.15, 0.2) is 11.5 Å². The lowest BCUT2D eigenvalue weighted by Crippen LogP contribution is -2.38. The van der Waals surface area contributed by atoms with Gasteiger partial charge in [0.1, 0.15) is 11.4 Å². The van der Waals surface area contributed by atoms with Crippen LogP contribution in [0.4, 0.5) is 0 Å². The number of ether oxygens (including phenoxy) is 1. The molecule has 0 bridgehead atoms. The Morgan fingerprint density at radius 3 is 2.75 bits per heavy atom. The van der Waals surface area contributed by atoms with Crippen LogP contribution in [0.3, 0.4) is 0 Å². The summed E-state index contributed by atoms with van der Waals surface area (Å²) in [7, 11) is 1.65. The van der Waals surface area contributed by atoms with Crippen molar-refractivity contribution in [2.24, 2.45) is 0 Å². The Morgan fingerprint density at radius 1 is 1.25 bits per heavy atom. The highest BCUT2D eigenvalue weighted by Crippen LogP contribution is 2.24. The second-order valence-electron chi connectivity index (χ2n) is 6.37. The van der Waals surface area contributed by atoms with E-state index in [1.807, 2.05) is 24.3 Å². The maximum Gasteiger partial charge on any atom is 0.271 e. The van der Waals surface area contributed by atoms with Crippen molar-refractivity contribution in [3.63, 3.8) is 0 Å². The predicted molar refractivity (Wildman–Crippen MR) is 107 cm³/mol. The molecule has 0 radical (unpaired) electrons. The second-order valence-corrected chi connectivity index (χ2v) is 6.37. The third-order valence-corrected chi connectivity index (χ3v) is 4.78. The van der Waals surface area contributed by atoms with Gasteiger partial charge >= 0.3 is 0 Å². The normalized spacial score (nSPS) is 12.1. The number of aromatic nitrogens is 2. The fraction of sp³-hybridized carbons (Fsp3) is 0.333. The molecular formula is C21H26N4O3. The molecule has 0 saturated heterocycles. The number of nitrogens with one attached hydrogen (secondary N) is 2. The largest absolute Gasteiger partial charge is 0.497 e. The van der Waals surface area contributed by atoms with Crippen LogP contribution in [0.2, 0.25) is 0 Å². The Kier molecular flexibility index (Phi) is 6.49. The number of benzene rings is 1. The lowest BCUT2D eigenvalue weighted by molar-refractivity contribution is 0.0930. The molecule has 1 unspecified atom stereocenters. The van der Waals surface area contributed by atoms with E-state index in [4.69, 9.17) is 9.15 Å². The number of furan rings is 1. The molecule has 3 rings (SSSR count). The summed E-state index contributed by atoms with van der Waals surface area (Å²) in [5.74, 6) is 1.22. The Hall–Kier alpha value is -3.06. The van der Waals surface area contributed by atoms with Crippen LogP contribution in [0, 0.1) is 0 Å². The van der Waals surface area contributed by atoms with E-state index in [1.54, 1.807) is 25.5 Å². The van der Waals surface area contributed by atoms with Gasteiger partial charge in [-0.05, 0) is 42.9 Å². The molecule has 0 aliphatic rings. The van der Waals surface area contributed by atoms with Gasteiger partial charge in [-0.1, -0.05) is 26.0 Å². The molecule has 1 amide bonds. The molecule has 0 fully saturated rings. The van der Waals surface area contributed by atoms with Crippen molar-refractivity contribution in [3.8, 4) is 17.2 Å². The number of hydrogen-bond acceptors (Lipinski definition) is 5. The Bertz CT molecular complexity index is 885. The van der Waals surface area contributed by atoms with Gasteiger partial charge in [0.25, 0.3) is 5.91 Å². The van der Waals surface area contributed by atoms with Gasteiger partial charge in [-0.2, -0.15) is 5.10 Å². The molecule has 2 aromatic heterocycles. The van der Waals surface area contributed by atoms with Gasteiger partial charge in [0.05, 0.1) is 19.4 Å². The highest BCUT2D eigenvalue weighted by Gasteiger charge is 2.21. The van der Waals surface area contributed by atoms with Gasteiger partial charge in [0, 0.05) is 12.6 Å². The lowest BCUT2D eigenvalue weighted by Gasteiger charge is -2.30. The lowest BCUT2D eigenvalue weighted by atomic mass is 10.0. The SMILES string of the molecule is CCN(CC)C(CNC(=O)c1cc(-c2ccco2)[nH]n1)c1cccc(OC)c1. The van der Waals surface area contributed by atoms with Crippen LogP contribution in [0.15, 0.2) is 53.1 Å². The molecule has 7 heteroatoms. The number of hydrogen-bond donors (Lipinski definition) is 2. The third kappa shape index (κ3) is 4.43. The first-order valence-electron chi connectivity index (χ1n) is 9.41. The second kappa shape index (κ2) is 9.23. The average Bonchev–Trinajstić information content (AvgIpc) is 3.42. The van der Waals surface area contributed by atoms with Crippen molar-refractivity contribution >= 4 is 5.91 Å². The van der Waals surface area contributed by atoms with E-state index in [-0.39, 0.29) is 11.9 Å². The summed E-state index contributed by atoms with van der Waals surface area (Å²) >= 11 is 0. The summed E-state index contributed by atoms with van der Waals surface area (Å²) < 4.78 is 10.7. The van der Waals surface area contributed by atoms with E-state index in [9.17, 15) is 4.79 Å². The maximum atomic E-state index is 12.6. The monoisotopic (exact) mass is 382 g/mol. The first-order valence-corrected chi connectivity index (χ1v) is 9.41. The van der Waals surface area contributed by atoms with Crippen LogP contribution < -0.4 is 10.1 Å². The molecular weight excluding hydrogens is 356 g/mol. The van der Waals surface area contributed by atoms with Crippen molar-refractivity contribution in [2.45, 2.75) is 19.9 Å². The Balaban J connectivity index is 1.73. The highest BCUT2D eigenvalue weighted by molar-refractivity contribution is 5.93. The first-order chi connectivity index (χ1) is 13.7. The number of carbonyl (C=O) groups is 1. The van der Waals surface area contributed by atoms with E-state index < -0.39 is 0 Å². The third-order valence-electron chi connectivity index (χ3n) is 4.78. The van der Waals surface area contributed by atoms with E-state index in [0.717, 1.165) is 24.4 Å².